The Hall–Kier alpha value is -0.530. The van der Waals surface area contributed by atoms with E-state index in [2.05, 4.69) is 0 Å². The summed E-state index contributed by atoms with van der Waals surface area (Å²) in [6.07, 6.45) is 0. The number of carbonyl (C=O) groups excluding carboxylic acids is 1. The standard InChI is InChI=1S/C9H9NO/c10-8(11)9-5-2-1-3(5)7(9)4(1)6(2)9/h1-7H,(H2,10,11). The van der Waals surface area contributed by atoms with Gasteiger partial charge in [-0.1, -0.05) is 0 Å². The summed E-state index contributed by atoms with van der Waals surface area (Å²) < 4.78 is 0. The van der Waals surface area contributed by atoms with Gasteiger partial charge in [0.1, 0.15) is 0 Å². The van der Waals surface area contributed by atoms with E-state index in [1.54, 1.807) is 0 Å². The minimum absolute atomic E-state index is 0.0411. The van der Waals surface area contributed by atoms with Crippen LogP contribution in [0.25, 0.3) is 0 Å². The van der Waals surface area contributed by atoms with Gasteiger partial charge in [0.05, 0.1) is 5.41 Å². The maximum Gasteiger partial charge on any atom is 0.224 e. The smallest absolute Gasteiger partial charge is 0.224 e. The summed E-state index contributed by atoms with van der Waals surface area (Å²) >= 11 is 0. The molecule has 0 spiro atoms. The molecule has 6 rings (SSSR count). The molecule has 2 nitrogen and oxygen atoms in total. The lowest BCUT2D eigenvalue weighted by Gasteiger charge is -3.06. The van der Waals surface area contributed by atoms with Crippen LogP contribution in [0, 0.1) is 46.8 Å². The van der Waals surface area contributed by atoms with Gasteiger partial charge in [-0.2, -0.15) is 0 Å². The van der Waals surface area contributed by atoms with E-state index in [9.17, 15) is 4.79 Å². The summed E-state index contributed by atoms with van der Waals surface area (Å²) in [5.74, 6) is 6.49. The fourth-order valence-corrected chi connectivity index (χ4v) is 5.92. The lowest BCUT2D eigenvalue weighted by molar-refractivity contribution is -0.595. The Balaban J connectivity index is 1.78. The largest absolute Gasteiger partial charge is 0.369 e. The van der Waals surface area contributed by atoms with Crippen LogP contribution in [-0.4, -0.2) is 5.91 Å². The molecule has 0 heterocycles. The summed E-state index contributed by atoms with van der Waals surface area (Å²) in [5.41, 5.74) is 5.56. The third-order valence-corrected chi connectivity index (χ3v) is 5.90. The molecule has 6 aliphatic carbocycles. The van der Waals surface area contributed by atoms with Crippen LogP contribution in [0.4, 0.5) is 0 Å². The fraction of sp³-hybridized carbons (Fsp3) is 0.889. The van der Waals surface area contributed by atoms with E-state index in [1.807, 2.05) is 0 Å². The zero-order chi connectivity index (χ0) is 7.12. The van der Waals surface area contributed by atoms with Gasteiger partial charge >= 0.3 is 0 Å². The molecule has 0 bridgehead atoms. The highest BCUT2D eigenvalue weighted by atomic mass is 16.1. The maximum absolute atomic E-state index is 11.2. The highest BCUT2D eigenvalue weighted by Crippen LogP contribution is 3.05. The van der Waals surface area contributed by atoms with E-state index in [0.717, 1.165) is 41.4 Å². The van der Waals surface area contributed by atoms with E-state index >= 15 is 0 Å². The van der Waals surface area contributed by atoms with Gasteiger partial charge in [-0.25, -0.2) is 0 Å². The van der Waals surface area contributed by atoms with Crippen LogP contribution in [0.5, 0.6) is 0 Å². The predicted molar refractivity (Wildman–Crippen MR) is 36.1 cm³/mol. The lowest BCUT2D eigenvalue weighted by Crippen LogP contribution is -3.07. The fourth-order valence-electron chi connectivity index (χ4n) is 5.92. The molecule has 1 amide bonds. The van der Waals surface area contributed by atoms with Crippen molar-refractivity contribution < 1.29 is 4.79 Å². The first-order valence-corrected chi connectivity index (χ1v) is 4.61. The zero-order valence-corrected chi connectivity index (χ0v) is 6.03. The normalized spacial score (nSPS) is 88.2. The zero-order valence-electron chi connectivity index (χ0n) is 6.03. The van der Waals surface area contributed by atoms with Crippen molar-refractivity contribution in [2.75, 3.05) is 0 Å². The second-order valence-electron chi connectivity index (χ2n) is 5.18. The van der Waals surface area contributed by atoms with Gasteiger partial charge in [0.2, 0.25) is 5.91 Å². The monoisotopic (exact) mass is 147 g/mol. The van der Waals surface area contributed by atoms with Crippen LogP contribution < -0.4 is 5.73 Å². The molecule has 0 aromatic carbocycles. The summed E-state index contributed by atoms with van der Waals surface area (Å²) in [5, 5.41) is 0. The van der Waals surface area contributed by atoms with Gasteiger partial charge in [-0.3, -0.25) is 4.79 Å². The number of nitrogens with two attached hydrogens (primary N) is 1. The van der Waals surface area contributed by atoms with E-state index in [0.29, 0.717) is 0 Å². The summed E-state index contributed by atoms with van der Waals surface area (Å²) in [7, 11) is 0. The van der Waals surface area contributed by atoms with Crippen molar-refractivity contribution >= 4 is 5.91 Å². The van der Waals surface area contributed by atoms with Gasteiger partial charge in [-0.15, -0.1) is 0 Å². The molecule has 6 saturated carbocycles. The minimum Gasteiger partial charge on any atom is -0.369 e. The number of hydrogen-bond acceptors (Lipinski definition) is 1. The molecule has 0 atom stereocenters. The molecule has 0 unspecified atom stereocenters. The Labute approximate surface area is 64.1 Å². The Morgan fingerprint density at radius 3 is 1.73 bits per heavy atom. The van der Waals surface area contributed by atoms with E-state index < -0.39 is 0 Å². The van der Waals surface area contributed by atoms with Crippen molar-refractivity contribution in [2.24, 2.45) is 52.6 Å². The van der Waals surface area contributed by atoms with Crippen LogP contribution >= 0.6 is 0 Å². The number of carbonyl (C=O) groups is 1. The molecular weight excluding hydrogens is 138 g/mol. The number of rotatable bonds is 1. The minimum atomic E-state index is 0.0411. The van der Waals surface area contributed by atoms with Crippen molar-refractivity contribution in [2.45, 2.75) is 0 Å². The van der Waals surface area contributed by atoms with Gasteiger partial charge in [-0.05, 0) is 41.4 Å². The van der Waals surface area contributed by atoms with Gasteiger partial charge in [0.15, 0.2) is 0 Å². The van der Waals surface area contributed by atoms with Gasteiger partial charge < -0.3 is 5.73 Å². The first-order valence-electron chi connectivity index (χ1n) is 4.61. The van der Waals surface area contributed by atoms with Crippen LogP contribution in [0.1, 0.15) is 0 Å². The van der Waals surface area contributed by atoms with Crippen molar-refractivity contribution in [1.82, 2.24) is 0 Å². The lowest BCUT2D eigenvalue weighted by atomic mass is 8.96. The Kier molecular flexibility index (Phi) is 0.319. The van der Waals surface area contributed by atoms with E-state index in [1.165, 1.54) is 0 Å². The molecule has 6 fully saturated rings. The van der Waals surface area contributed by atoms with Crippen LogP contribution in [-0.2, 0) is 4.79 Å². The van der Waals surface area contributed by atoms with Gasteiger partial charge in [0, 0.05) is 0 Å². The Morgan fingerprint density at radius 1 is 1.00 bits per heavy atom. The third-order valence-electron chi connectivity index (χ3n) is 5.90. The molecule has 2 heteroatoms. The topological polar surface area (TPSA) is 43.1 Å². The third kappa shape index (κ3) is 0.149. The van der Waals surface area contributed by atoms with Crippen molar-refractivity contribution in [3.63, 3.8) is 0 Å². The molecule has 11 heavy (non-hydrogen) atoms. The molecule has 2 N–H and O–H groups in total. The summed E-state index contributed by atoms with van der Waals surface area (Å²) in [4.78, 5) is 11.2. The second kappa shape index (κ2) is 0.782. The Morgan fingerprint density at radius 2 is 1.45 bits per heavy atom. The van der Waals surface area contributed by atoms with Crippen LogP contribution in [0.15, 0.2) is 0 Å². The molecule has 0 radical (unpaired) electrons. The summed E-state index contributed by atoms with van der Waals surface area (Å²) in [6, 6.07) is 0. The number of amides is 1. The average Bonchev–Trinajstić information content (AvgIpc) is 2.05. The number of hydrogen-bond donors (Lipinski definition) is 1. The molecule has 0 aliphatic heterocycles. The maximum atomic E-state index is 11.2. The Bertz CT molecular complexity index is 284. The highest BCUT2D eigenvalue weighted by Gasteiger charge is 3.05. The second-order valence-corrected chi connectivity index (χ2v) is 5.18. The van der Waals surface area contributed by atoms with E-state index in [-0.39, 0.29) is 11.3 Å². The van der Waals surface area contributed by atoms with Crippen molar-refractivity contribution in [3.8, 4) is 0 Å². The first-order chi connectivity index (χ1) is 5.31. The SMILES string of the molecule is NC(=O)C12C3C4C5C3C1C5C42. The molecule has 0 aromatic rings. The highest BCUT2D eigenvalue weighted by molar-refractivity contribution is 5.90. The summed E-state index contributed by atoms with van der Waals surface area (Å²) in [6.45, 7) is 0. The molecule has 6 aliphatic rings. The van der Waals surface area contributed by atoms with Crippen molar-refractivity contribution in [3.05, 3.63) is 0 Å². The van der Waals surface area contributed by atoms with Crippen LogP contribution in [0.2, 0.25) is 0 Å². The quantitative estimate of drug-likeness (QED) is 0.550. The molecule has 56 valence electrons. The van der Waals surface area contributed by atoms with Gasteiger partial charge in [0.25, 0.3) is 0 Å². The molecular formula is C9H9NO. The van der Waals surface area contributed by atoms with Crippen LogP contribution in [0.3, 0.4) is 0 Å². The average molecular weight is 147 g/mol. The van der Waals surface area contributed by atoms with E-state index in [4.69, 9.17) is 5.73 Å². The van der Waals surface area contributed by atoms with Crippen molar-refractivity contribution in [1.29, 1.82) is 0 Å². The predicted octanol–water partition coefficient (Wildman–Crippen LogP) is -0.161. The molecule has 0 saturated heterocycles. The number of primary amides is 1. The molecule has 0 aromatic heterocycles. The first kappa shape index (κ1) is 4.48.